The lowest BCUT2D eigenvalue weighted by molar-refractivity contribution is 0.152. The molecule has 0 aliphatic carbocycles. The van der Waals surface area contributed by atoms with E-state index in [9.17, 15) is 8.42 Å². The first-order valence-corrected chi connectivity index (χ1v) is 12.3. The second kappa shape index (κ2) is 9.74. The van der Waals surface area contributed by atoms with Crippen molar-refractivity contribution in [2.45, 2.75) is 64.7 Å². The molecule has 6 nitrogen and oxygen atoms in total. The van der Waals surface area contributed by atoms with Gasteiger partial charge in [0.1, 0.15) is 0 Å². The van der Waals surface area contributed by atoms with Crippen LogP contribution in [-0.2, 0) is 22.9 Å². The Kier molecular flexibility index (Phi) is 7.35. The topological polar surface area (TPSA) is 73.8 Å². The van der Waals surface area contributed by atoms with Crippen LogP contribution >= 0.6 is 0 Å². The molecule has 28 heavy (non-hydrogen) atoms. The second-order valence-electron chi connectivity index (χ2n) is 8.02. The predicted octanol–water partition coefficient (Wildman–Crippen LogP) is 2.30. The van der Waals surface area contributed by atoms with Crippen molar-refractivity contribution in [3.63, 3.8) is 0 Å². The van der Waals surface area contributed by atoms with E-state index in [1.165, 1.54) is 36.9 Å². The molecule has 0 saturated carbocycles. The van der Waals surface area contributed by atoms with Crippen LogP contribution in [0.15, 0.2) is 29.3 Å². The van der Waals surface area contributed by atoms with E-state index in [-0.39, 0.29) is 17.5 Å². The maximum Gasteiger partial charge on any atom is 0.191 e. The molecule has 0 radical (unpaired) electrons. The van der Waals surface area contributed by atoms with Crippen molar-refractivity contribution < 1.29 is 8.42 Å². The van der Waals surface area contributed by atoms with Gasteiger partial charge in [0.15, 0.2) is 15.8 Å². The van der Waals surface area contributed by atoms with Gasteiger partial charge in [0.25, 0.3) is 0 Å². The number of hydrogen-bond donors (Lipinski definition) is 2. The lowest BCUT2D eigenvalue weighted by Crippen LogP contribution is -2.44. The molecule has 7 heteroatoms. The molecule has 0 bridgehead atoms. The molecule has 2 saturated heterocycles. The Hall–Kier alpha value is -1.60. The Morgan fingerprint density at radius 2 is 2.00 bits per heavy atom. The molecule has 2 atom stereocenters. The number of piperidine rings is 1. The number of benzene rings is 1. The van der Waals surface area contributed by atoms with E-state index in [2.05, 4.69) is 46.7 Å². The van der Waals surface area contributed by atoms with Crippen LogP contribution in [0.2, 0.25) is 0 Å². The molecule has 3 rings (SSSR count). The third-order valence-electron chi connectivity index (χ3n) is 5.76. The number of aliphatic imine (C=N–C) groups is 1. The van der Waals surface area contributed by atoms with Crippen LogP contribution in [0.1, 0.15) is 50.7 Å². The van der Waals surface area contributed by atoms with Gasteiger partial charge in [-0.05, 0) is 50.8 Å². The molecular formula is C21H34N4O2S. The summed E-state index contributed by atoms with van der Waals surface area (Å²) in [6, 6.07) is 9.11. The van der Waals surface area contributed by atoms with Crippen LogP contribution in [0.3, 0.4) is 0 Å². The highest BCUT2D eigenvalue weighted by Crippen LogP contribution is 2.21. The lowest BCUT2D eigenvalue weighted by Gasteiger charge is -2.33. The third kappa shape index (κ3) is 5.95. The molecule has 2 fully saturated rings. The molecule has 1 aromatic rings. The monoisotopic (exact) mass is 406 g/mol. The van der Waals surface area contributed by atoms with E-state index < -0.39 is 9.84 Å². The predicted molar refractivity (Wildman–Crippen MR) is 115 cm³/mol. The Labute approximate surface area is 169 Å². The lowest BCUT2D eigenvalue weighted by atomic mass is 10.0. The maximum atomic E-state index is 11.7. The van der Waals surface area contributed by atoms with Gasteiger partial charge >= 0.3 is 0 Å². The minimum absolute atomic E-state index is 0.0488. The summed E-state index contributed by atoms with van der Waals surface area (Å²) < 4.78 is 23.4. The second-order valence-corrected chi connectivity index (χ2v) is 10.3. The van der Waals surface area contributed by atoms with Gasteiger partial charge in [0.2, 0.25) is 0 Å². The fourth-order valence-corrected chi connectivity index (χ4v) is 5.74. The van der Waals surface area contributed by atoms with Crippen molar-refractivity contribution in [3.05, 3.63) is 35.4 Å². The van der Waals surface area contributed by atoms with Crippen molar-refractivity contribution in [2.75, 3.05) is 24.6 Å². The van der Waals surface area contributed by atoms with Gasteiger partial charge in [-0.3, -0.25) is 4.90 Å². The molecule has 2 aliphatic rings. The fourth-order valence-electron chi connectivity index (χ4n) is 4.06. The summed E-state index contributed by atoms with van der Waals surface area (Å²) in [6.07, 6.45) is 4.54. The van der Waals surface area contributed by atoms with Gasteiger partial charge in [0.05, 0.1) is 18.1 Å². The molecule has 0 spiro atoms. The smallest absolute Gasteiger partial charge is 0.191 e. The van der Waals surface area contributed by atoms with E-state index in [1.54, 1.807) is 0 Å². The number of guanidine groups is 1. The normalized spacial score (nSPS) is 25.6. The van der Waals surface area contributed by atoms with Crippen LogP contribution in [0.4, 0.5) is 0 Å². The van der Waals surface area contributed by atoms with Crippen molar-refractivity contribution >= 4 is 15.8 Å². The third-order valence-corrected chi connectivity index (χ3v) is 7.53. The van der Waals surface area contributed by atoms with Gasteiger partial charge in [0, 0.05) is 25.2 Å². The minimum atomic E-state index is -2.90. The SMILES string of the molecule is CCNC(=NCc1ccccc1CN1CCCCC1C)NC1CCS(=O)(=O)C1. The summed E-state index contributed by atoms with van der Waals surface area (Å²) in [6.45, 7) is 7.82. The number of rotatable bonds is 6. The highest BCUT2D eigenvalue weighted by Gasteiger charge is 2.28. The largest absolute Gasteiger partial charge is 0.357 e. The summed E-state index contributed by atoms with van der Waals surface area (Å²) in [5, 5.41) is 6.55. The van der Waals surface area contributed by atoms with Crippen LogP contribution in [-0.4, -0.2) is 56.0 Å². The molecule has 156 valence electrons. The van der Waals surface area contributed by atoms with E-state index in [0.29, 0.717) is 25.0 Å². The van der Waals surface area contributed by atoms with Gasteiger partial charge in [-0.1, -0.05) is 30.7 Å². The standard InChI is InChI=1S/C21H34N4O2S/c1-3-22-21(24-20-11-13-28(26,27)16-20)23-14-18-9-4-5-10-19(18)15-25-12-7-6-8-17(25)2/h4-5,9-10,17,20H,3,6-8,11-16H2,1-2H3,(H2,22,23,24). The highest BCUT2D eigenvalue weighted by molar-refractivity contribution is 7.91. The first-order valence-electron chi connectivity index (χ1n) is 10.5. The minimum Gasteiger partial charge on any atom is -0.357 e. The number of nitrogens with zero attached hydrogens (tertiary/aromatic N) is 2. The number of sulfone groups is 1. The van der Waals surface area contributed by atoms with Crippen molar-refractivity contribution in [3.8, 4) is 0 Å². The van der Waals surface area contributed by atoms with Crippen molar-refractivity contribution in [2.24, 2.45) is 4.99 Å². The maximum absolute atomic E-state index is 11.7. The van der Waals surface area contributed by atoms with E-state index >= 15 is 0 Å². The molecule has 0 amide bonds. The Morgan fingerprint density at radius 3 is 2.68 bits per heavy atom. The number of hydrogen-bond acceptors (Lipinski definition) is 4. The first kappa shape index (κ1) is 21.1. The fraction of sp³-hybridized carbons (Fsp3) is 0.667. The van der Waals surface area contributed by atoms with Crippen LogP contribution in [0, 0.1) is 0 Å². The van der Waals surface area contributed by atoms with Crippen molar-refractivity contribution in [1.29, 1.82) is 0 Å². The quantitative estimate of drug-likeness (QED) is 0.560. The van der Waals surface area contributed by atoms with E-state index in [4.69, 9.17) is 4.99 Å². The van der Waals surface area contributed by atoms with Gasteiger partial charge < -0.3 is 10.6 Å². The van der Waals surface area contributed by atoms with Crippen molar-refractivity contribution in [1.82, 2.24) is 15.5 Å². The zero-order valence-corrected chi connectivity index (χ0v) is 18.0. The van der Waals surface area contributed by atoms with Gasteiger partial charge in [-0.15, -0.1) is 0 Å². The molecular weight excluding hydrogens is 372 g/mol. The number of likely N-dealkylation sites (tertiary alicyclic amines) is 1. The average molecular weight is 407 g/mol. The first-order chi connectivity index (χ1) is 13.5. The summed E-state index contributed by atoms with van der Waals surface area (Å²) in [4.78, 5) is 7.32. The highest BCUT2D eigenvalue weighted by atomic mass is 32.2. The average Bonchev–Trinajstić information content (AvgIpc) is 3.01. The van der Waals surface area contributed by atoms with Crippen LogP contribution in [0.25, 0.3) is 0 Å². The van der Waals surface area contributed by atoms with Crippen LogP contribution in [0.5, 0.6) is 0 Å². The summed E-state index contributed by atoms with van der Waals surface area (Å²) in [7, 11) is -2.90. The van der Waals surface area contributed by atoms with Gasteiger partial charge in [-0.25, -0.2) is 13.4 Å². The zero-order chi connectivity index (χ0) is 20.0. The van der Waals surface area contributed by atoms with E-state index in [1.807, 2.05) is 6.92 Å². The molecule has 2 unspecified atom stereocenters. The Balaban J connectivity index is 1.67. The van der Waals surface area contributed by atoms with Crippen LogP contribution < -0.4 is 10.6 Å². The summed E-state index contributed by atoms with van der Waals surface area (Å²) in [5.74, 6) is 1.16. The summed E-state index contributed by atoms with van der Waals surface area (Å²) >= 11 is 0. The van der Waals surface area contributed by atoms with E-state index in [0.717, 1.165) is 13.1 Å². The summed E-state index contributed by atoms with van der Waals surface area (Å²) in [5.41, 5.74) is 2.57. The molecule has 0 aromatic heterocycles. The molecule has 2 heterocycles. The Morgan fingerprint density at radius 1 is 1.21 bits per heavy atom. The Bertz CT molecular complexity index is 778. The molecule has 1 aromatic carbocycles. The van der Waals surface area contributed by atoms with Gasteiger partial charge in [-0.2, -0.15) is 0 Å². The molecule has 2 N–H and O–H groups in total. The molecule has 2 aliphatic heterocycles. The number of nitrogens with one attached hydrogen (secondary N) is 2. The zero-order valence-electron chi connectivity index (χ0n) is 17.2.